The molecule has 1 N–H and O–H groups in total. The lowest BCUT2D eigenvalue weighted by Crippen LogP contribution is -2.28. The van der Waals surface area contributed by atoms with Crippen molar-refractivity contribution in [3.63, 3.8) is 0 Å². The van der Waals surface area contributed by atoms with Crippen molar-refractivity contribution in [2.45, 2.75) is 32.6 Å². The molecule has 3 aromatic rings. The zero-order chi connectivity index (χ0) is 23.8. The average Bonchev–Trinajstić information content (AvgIpc) is 3.55. The molecule has 0 aliphatic carbocycles. The molecule has 3 amide bonds. The van der Waals surface area contributed by atoms with Crippen molar-refractivity contribution >= 4 is 45.6 Å². The van der Waals surface area contributed by atoms with Crippen molar-refractivity contribution < 1.29 is 14.4 Å². The number of carbonyl (C=O) groups excluding carboxylic acids is 3. The first kappa shape index (κ1) is 22.2. The van der Waals surface area contributed by atoms with E-state index in [1.165, 1.54) is 11.3 Å². The fourth-order valence-corrected chi connectivity index (χ4v) is 5.37. The van der Waals surface area contributed by atoms with Gasteiger partial charge in [-0.2, -0.15) is 0 Å². The zero-order valence-corrected chi connectivity index (χ0v) is 19.8. The third kappa shape index (κ3) is 4.19. The standard InChI is InChI=1S/C25H25N5O3S/c1-15-7-6-10-20(16(15)2)30-13-17(11-22(30)32)23(33)26-25-28-27-24(34-25)18-12-21(31)29(14-18)19-8-4-3-5-9-19/h3-10,17-18H,11-14H2,1-2H3,(H,26,28,33). The van der Waals surface area contributed by atoms with Gasteiger partial charge in [0.25, 0.3) is 0 Å². The number of para-hydroxylation sites is 1. The largest absolute Gasteiger partial charge is 0.312 e. The van der Waals surface area contributed by atoms with E-state index in [2.05, 4.69) is 15.5 Å². The van der Waals surface area contributed by atoms with Gasteiger partial charge in [0, 0.05) is 43.2 Å². The van der Waals surface area contributed by atoms with E-state index in [1.54, 1.807) is 9.80 Å². The normalized spacial score (nSPS) is 20.3. The van der Waals surface area contributed by atoms with Crippen molar-refractivity contribution in [3.8, 4) is 0 Å². The van der Waals surface area contributed by atoms with Crippen LogP contribution in [-0.4, -0.2) is 41.0 Å². The molecule has 8 nitrogen and oxygen atoms in total. The van der Waals surface area contributed by atoms with E-state index >= 15 is 0 Å². The number of nitrogens with zero attached hydrogens (tertiary/aromatic N) is 4. The van der Waals surface area contributed by atoms with Crippen molar-refractivity contribution in [2.75, 3.05) is 28.2 Å². The van der Waals surface area contributed by atoms with Gasteiger partial charge in [-0.15, -0.1) is 10.2 Å². The maximum Gasteiger partial charge on any atom is 0.231 e. The summed E-state index contributed by atoms with van der Waals surface area (Å²) in [7, 11) is 0. The lowest BCUT2D eigenvalue weighted by molar-refractivity contribution is -0.122. The van der Waals surface area contributed by atoms with Crippen LogP contribution in [0.1, 0.15) is 34.9 Å². The summed E-state index contributed by atoms with van der Waals surface area (Å²) in [6.45, 7) is 4.87. The van der Waals surface area contributed by atoms with Gasteiger partial charge in [0.05, 0.1) is 5.92 Å². The Kier molecular flexibility index (Phi) is 5.87. The molecule has 34 heavy (non-hydrogen) atoms. The average molecular weight is 476 g/mol. The van der Waals surface area contributed by atoms with Crippen LogP contribution in [0.2, 0.25) is 0 Å². The molecule has 2 aromatic carbocycles. The molecule has 174 valence electrons. The van der Waals surface area contributed by atoms with Gasteiger partial charge in [-0.1, -0.05) is 41.7 Å². The van der Waals surface area contributed by atoms with E-state index in [-0.39, 0.29) is 30.1 Å². The van der Waals surface area contributed by atoms with Gasteiger partial charge in [-0.25, -0.2) is 0 Å². The SMILES string of the molecule is Cc1cccc(N2CC(C(=O)Nc3nnc(C4CC(=O)N(c5ccccc5)C4)s3)CC2=O)c1C. The molecule has 2 fully saturated rings. The first-order chi connectivity index (χ1) is 16.4. The highest BCUT2D eigenvalue weighted by Crippen LogP contribution is 2.35. The number of aryl methyl sites for hydroxylation is 1. The van der Waals surface area contributed by atoms with Crippen LogP contribution in [0.5, 0.6) is 0 Å². The molecule has 2 aliphatic rings. The van der Waals surface area contributed by atoms with Crippen LogP contribution in [0.4, 0.5) is 16.5 Å². The van der Waals surface area contributed by atoms with Crippen LogP contribution in [-0.2, 0) is 14.4 Å². The van der Waals surface area contributed by atoms with Gasteiger partial charge in [0.2, 0.25) is 22.9 Å². The number of hydrogen-bond acceptors (Lipinski definition) is 6. The Bertz CT molecular complexity index is 1260. The molecule has 0 bridgehead atoms. The van der Waals surface area contributed by atoms with Crippen LogP contribution in [0, 0.1) is 19.8 Å². The van der Waals surface area contributed by atoms with Crippen LogP contribution >= 0.6 is 11.3 Å². The Labute approximate surface area is 201 Å². The van der Waals surface area contributed by atoms with E-state index in [1.807, 2.05) is 62.4 Å². The molecule has 2 aliphatic heterocycles. The van der Waals surface area contributed by atoms with Crippen molar-refractivity contribution in [1.29, 1.82) is 0 Å². The summed E-state index contributed by atoms with van der Waals surface area (Å²) in [5, 5.41) is 12.3. The number of anilines is 3. The molecule has 2 atom stereocenters. The summed E-state index contributed by atoms with van der Waals surface area (Å²) in [6, 6.07) is 15.4. The number of benzene rings is 2. The predicted octanol–water partition coefficient (Wildman–Crippen LogP) is 3.67. The Morgan fingerprint density at radius 1 is 0.941 bits per heavy atom. The van der Waals surface area contributed by atoms with Gasteiger partial charge in [0.1, 0.15) is 5.01 Å². The maximum atomic E-state index is 12.9. The topological polar surface area (TPSA) is 95.5 Å². The fraction of sp³-hybridized carbons (Fsp3) is 0.320. The second-order valence-electron chi connectivity index (χ2n) is 8.80. The van der Waals surface area contributed by atoms with Gasteiger partial charge in [-0.05, 0) is 43.2 Å². The Morgan fingerprint density at radius 2 is 1.71 bits per heavy atom. The monoisotopic (exact) mass is 475 g/mol. The quantitative estimate of drug-likeness (QED) is 0.608. The molecule has 9 heteroatoms. The van der Waals surface area contributed by atoms with Crippen molar-refractivity contribution in [2.24, 2.45) is 5.92 Å². The third-order valence-electron chi connectivity index (χ3n) is 6.58. The summed E-state index contributed by atoms with van der Waals surface area (Å²) in [5.41, 5.74) is 3.87. The summed E-state index contributed by atoms with van der Waals surface area (Å²) in [6.07, 6.45) is 0.521. The summed E-state index contributed by atoms with van der Waals surface area (Å²) in [5.74, 6) is -0.771. The van der Waals surface area contributed by atoms with Crippen LogP contribution in [0.3, 0.4) is 0 Å². The fourth-order valence-electron chi connectivity index (χ4n) is 4.53. The second-order valence-corrected chi connectivity index (χ2v) is 9.81. The van der Waals surface area contributed by atoms with Gasteiger partial charge in [-0.3, -0.25) is 14.4 Å². The van der Waals surface area contributed by atoms with Crippen molar-refractivity contribution in [3.05, 3.63) is 64.7 Å². The molecule has 2 saturated heterocycles. The minimum absolute atomic E-state index is 0.0491. The van der Waals surface area contributed by atoms with E-state index in [9.17, 15) is 14.4 Å². The van der Waals surface area contributed by atoms with Gasteiger partial charge < -0.3 is 15.1 Å². The molecule has 0 radical (unpaired) electrons. The minimum Gasteiger partial charge on any atom is -0.312 e. The molecule has 0 saturated carbocycles. The Balaban J connectivity index is 1.23. The summed E-state index contributed by atoms with van der Waals surface area (Å²) >= 11 is 1.29. The summed E-state index contributed by atoms with van der Waals surface area (Å²) in [4.78, 5) is 41.5. The smallest absolute Gasteiger partial charge is 0.231 e. The van der Waals surface area contributed by atoms with E-state index in [4.69, 9.17) is 0 Å². The van der Waals surface area contributed by atoms with E-state index < -0.39 is 5.92 Å². The Morgan fingerprint density at radius 3 is 2.50 bits per heavy atom. The Hall–Kier alpha value is -3.59. The number of nitrogens with one attached hydrogen (secondary N) is 1. The summed E-state index contributed by atoms with van der Waals surface area (Å²) < 4.78 is 0. The molecule has 1 aromatic heterocycles. The van der Waals surface area contributed by atoms with Crippen molar-refractivity contribution in [1.82, 2.24) is 10.2 Å². The highest BCUT2D eigenvalue weighted by atomic mass is 32.1. The number of aromatic nitrogens is 2. The lowest BCUT2D eigenvalue weighted by Gasteiger charge is -2.20. The van der Waals surface area contributed by atoms with Gasteiger partial charge >= 0.3 is 0 Å². The third-order valence-corrected chi connectivity index (χ3v) is 7.58. The second kappa shape index (κ2) is 8.98. The van der Waals surface area contributed by atoms with Crippen LogP contribution < -0.4 is 15.1 Å². The zero-order valence-electron chi connectivity index (χ0n) is 19.0. The van der Waals surface area contributed by atoms with Crippen LogP contribution in [0.15, 0.2) is 48.5 Å². The molecule has 3 heterocycles. The minimum atomic E-state index is -0.457. The molecule has 5 rings (SSSR count). The number of amides is 3. The first-order valence-corrected chi connectivity index (χ1v) is 12.1. The molecular weight excluding hydrogens is 450 g/mol. The van der Waals surface area contributed by atoms with E-state index in [0.717, 1.165) is 27.5 Å². The highest BCUT2D eigenvalue weighted by Gasteiger charge is 2.37. The highest BCUT2D eigenvalue weighted by molar-refractivity contribution is 7.15. The molecule has 2 unspecified atom stereocenters. The number of rotatable bonds is 5. The maximum absolute atomic E-state index is 12.9. The number of hydrogen-bond donors (Lipinski definition) is 1. The predicted molar refractivity (Wildman–Crippen MR) is 131 cm³/mol. The van der Waals surface area contributed by atoms with Crippen LogP contribution in [0.25, 0.3) is 0 Å². The molecule has 0 spiro atoms. The first-order valence-electron chi connectivity index (χ1n) is 11.3. The molecular formula is C25H25N5O3S. The lowest BCUT2D eigenvalue weighted by atomic mass is 10.1. The van der Waals surface area contributed by atoms with E-state index in [0.29, 0.717) is 24.6 Å². The number of carbonyl (C=O) groups is 3. The van der Waals surface area contributed by atoms with Gasteiger partial charge in [0.15, 0.2) is 0 Å².